The van der Waals surface area contributed by atoms with E-state index in [1.807, 2.05) is 0 Å². The van der Waals surface area contributed by atoms with Crippen molar-refractivity contribution in [2.75, 3.05) is 0 Å². The van der Waals surface area contributed by atoms with Crippen LogP contribution >= 0.6 is 12.4 Å². The van der Waals surface area contributed by atoms with E-state index in [2.05, 4.69) is 0 Å². The molecule has 1 aliphatic carbocycles. The van der Waals surface area contributed by atoms with Crippen LogP contribution in [-0.4, -0.2) is 11.2 Å². The van der Waals surface area contributed by atoms with E-state index >= 15 is 0 Å². The summed E-state index contributed by atoms with van der Waals surface area (Å²) in [6.07, 6.45) is -3.27. The highest BCUT2D eigenvalue weighted by molar-refractivity contribution is 5.85. The van der Waals surface area contributed by atoms with Crippen molar-refractivity contribution in [2.45, 2.75) is 37.6 Å². The molecule has 1 aliphatic rings. The quantitative estimate of drug-likeness (QED) is 0.840. The van der Waals surface area contributed by atoms with E-state index in [0.29, 0.717) is 6.07 Å². The fourth-order valence-electron chi connectivity index (χ4n) is 2.28. The van der Waals surface area contributed by atoms with Crippen LogP contribution in [0, 0.1) is 11.7 Å². The fourth-order valence-corrected chi connectivity index (χ4v) is 2.28. The first kappa shape index (κ1) is 17.2. The van der Waals surface area contributed by atoms with Gasteiger partial charge in [0.1, 0.15) is 5.82 Å². The summed E-state index contributed by atoms with van der Waals surface area (Å²) in [7, 11) is 0. The summed E-state index contributed by atoms with van der Waals surface area (Å²) in [5.74, 6) is -1.44. The number of hydrogen-bond donors (Lipinski definition) is 2. The summed E-state index contributed by atoms with van der Waals surface area (Å²) in [5.41, 5.74) is 4.08. The van der Waals surface area contributed by atoms with E-state index in [0.717, 1.165) is 25.3 Å². The molecule has 0 radical (unpaired) electrons. The maximum absolute atomic E-state index is 13.9. The number of halogens is 5. The molecular weight excluding hydrogens is 298 g/mol. The first-order valence-corrected chi connectivity index (χ1v) is 6.11. The zero-order valence-electron chi connectivity index (χ0n) is 10.5. The molecule has 2 nitrogen and oxygen atoms in total. The molecule has 1 saturated carbocycles. The van der Waals surface area contributed by atoms with Crippen molar-refractivity contribution >= 4 is 12.4 Å². The van der Waals surface area contributed by atoms with Crippen LogP contribution in [0.25, 0.3) is 0 Å². The minimum Gasteiger partial charge on any atom is -0.391 e. The lowest BCUT2D eigenvalue weighted by molar-refractivity contribution is -0.140. The molecule has 1 fully saturated rings. The highest BCUT2D eigenvalue weighted by Gasteiger charge is 2.37. The summed E-state index contributed by atoms with van der Waals surface area (Å²) in [4.78, 5) is 0. The van der Waals surface area contributed by atoms with E-state index in [1.165, 1.54) is 6.07 Å². The largest absolute Gasteiger partial charge is 0.419 e. The van der Waals surface area contributed by atoms with Gasteiger partial charge in [0.15, 0.2) is 0 Å². The average Bonchev–Trinajstić information content (AvgIpc) is 2.24. The first-order valence-electron chi connectivity index (χ1n) is 6.11. The fraction of sp³-hybridized carbons (Fsp3) is 0.538. The Labute approximate surface area is 120 Å². The normalized spacial score (nSPS) is 18.9. The molecule has 114 valence electrons. The molecule has 20 heavy (non-hydrogen) atoms. The standard InChI is InChI=1S/C13H15F4NO.ClH/c14-10-8(5-2-6-9(10)13(15,16)17)11(18)12(19)7-3-1-4-7;/h2,5-7,11-12,19H,1,3-4,18H2;1H/t11-,12+;/m1./s1. The van der Waals surface area contributed by atoms with E-state index in [4.69, 9.17) is 5.73 Å². The Morgan fingerprint density at radius 1 is 1.25 bits per heavy atom. The molecule has 0 amide bonds. The van der Waals surface area contributed by atoms with Crippen LogP contribution in [0.3, 0.4) is 0 Å². The van der Waals surface area contributed by atoms with Gasteiger partial charge in [-0.1, -0.05) is 18.6 Å². The Morgan fingerprint density at radius 2 is 1.85 bits per heavy atom. The Hall–Kier alpha value is -0.850. The minimum atomic E-state index is -4.76. The molecule has 1 aromatic rings. The molecule has 1 aromatic carbocycles. The SMILES string of the molecule is Cl.N[C@H](c1cccc(C(F)(F)F)c1F)[C@@H](O)C1CCC1. The van der Waals surface area contributed by atoms with Crippen LogP contribution < -0.4 is 5.73 Å². The summed E-state index contributed by atoms with van der Waals surface area (Å²) >= 11 is 0. The van der Waals surface area contributed by atoms with Crippen molar-refractivity contribution in [1.29, 1.82) is 0 Å². The predicted octanol–water partition coefficient (Wildman–Crippen LogP) is 3.43. The van der Waals surface area contributed by atoms with Crippen molar-refractivity contribution in [3.8, 4) is 0 Å². The van der Waals surface area contributed by atoms with Gasteiger partial charge >= 0.3 is 6.18 Å². The van der Waals surface area contributed by atoms with E-state index in [9.17, 15) is 22.7 Å². The van der Waals surface area contributed by atoms with Crippen LogP contribution in [0.4, 0.5) is 17.6 Å². The summed E-state index contributed by atoms with van der Waals surface area (Å²) < 4.78 is 51.6. The van der Waals surface area contributed by atoms with Crippen molar-refractivity contribution in [3.63, 3.8) is 0 Å². The Balaban J connectivity index is 0.00000200. The first-order chi connectivity index (χ1) is 8.82. The molecule has 0 spiro atoms. The second-order valence-electron chi connectivity index (χ2n) is 4.91. The van der Waals surface area contributed by atoms with Crippen LogP contribution in [0.1, 0.15) is 36.4 Å². The van der Waals surface area contributed by atoms with Crippen LogP contribution in [0.5, 0.6) is 0 Å². The smallest absolute Gasteiger partial charge is 0.391 e. The van der Waals surface area contributed by atoms with E-state index < -0.39 is 29.7 Å². The molecule has 2 rings (SSSR count). The number of alkyl halides is 3. The van der Waals surface area contributed by atoms with Crippen LogP contribution in [-0.2, 0) is 6.18 Å². The maximum Gasteiger partial charge on any atom is 0.419 e. The highest BCUT2D eigenvalue weighted by Crippen LogP contribution is 2.37. The molecule has 0 saturated heterocycles. The van der Waals surface area contributed by atoms with Gasteiger partial charge < -0.3 is 10.8 Å². The number of hydrogen-bond acceptors (Lipinski definition) is 2. The lowest BCUT2D eigenvalue weighted by atomic mass is 9.77. The molecule has 0 bridgehead atoms. The predicted molar refractivity (Wildman–Crippen MR) is 68.9 cm³/mol. The minimum absolute atomic E-state index is 0. The maximum atomic E-state index is 13.9. The van der Waals surface area contributed by atoms with E-state index in [1.54, 1.807) is 0 Å². The Morgan fingerprint density at radius 3 is 2.30 bits per heavy atom. The molecule has 0 unspecified atom stereocenters. The lowest BCUT2D eigenvalue weighted by Gasteiger charge is -2.34. The van der Waals surface area contributed by atoms with Gasteiger partial charge in [-0.3, -0.25) is 0 Å². The van der Waals surface area contributed by atoms with Gasteiger partial charge in [0.05, 0.1) is 17.7 Å². The summed E-state index contributed by atoms with van der Waals surface area (Å²) in [5, 5.41) is 9.94. The molecule has 2 atom stereocenters. The third-order valence-corrected chi connectivity index (χ3v) is 3.69. The zero-order chi connectivity index (χ0) is 14.2. The van der Waals surface area contributed by atoms with Gasteiger partial charge in [0.25, 0.3) is 0 Å². The molecule has 0 aliphatic heterocycles. The lowest BCUT2D eigenvalue weighted by Crippen LogP contribution is -2.37. The molecule has 0 aromatic heterocycles. The van der Waals surface area contributed by atoms with Gasteiger partial charge in [0.2, 0.25) is 0 Å². The van der Waals surface area contributed by atoms with E-state index in [-0.39, 0.29) is 23.9 Å². The third-order valence-electron chi connectivity index (χ3n) is 3.69. The number of aliphatic hydroxyl groups is 1. The van der Waals surface area contributed by atoms with Crippen molar-refractivity contribution in [2.24, 2.45) is 11.7 Å². The van der Waals surface area contributed by atoms with Crippen molar-refractivity contribution in [3.05, 3.63) is 35.1 Å². The highest BCUT2D eigenvalue weighted by atomic mass is 35.5. The van der Waals surface area contributed by atoms with Gasteiger partial charge in [-0.05, 0) is 24.8 Å². The number of benzene rings is 1. The summed E-state index contributed by atoms with van der Waals surface area (Å²) in [6.45, 7) is 0. The molecule has 7 heteroatoms. The summed E-state index contributed by atoms with van der Waals surface area (Å²) in [6, 6.07) is 1.83. The number of aliphatic hydroxyl groups excluding tert-OH is 1. The number of nitrogens with two attached hydrogens (primary N) is 1. The second kappa shape index (κ2) is 6.28. The second-order valence-corrected chi connectivity index (χ2v) is 4.91. The monoisotopic (exact) mass is 313 g/mol. The van der Waals surface area contributed by atoms with Gasteiger partial charge in [0, 0.05) is 5.56 Å². The molecule has 0 heterocycles. The van der Waals surface area contributed by atoms with Crippen molar-refractivity contribution < 1.29 is 22.7 Å². The third kappa shape index (κ3) is 3.24. The molecule has 3 N–H and O–H groups in total. The van der Waals surface area contributed by atoms with Gasteiger partial charge in [-0.25, -0.2) is 4.39 Å². The van der Waals surface area contributed by atoms with Crippen LogP contribution in [0.2, 0.25) is 0 Å². The Kier molecular flexibility index (Phi) is 5.40. The average molecular weight is 314 g/mol. The zero-order valence-corrected chi connectivity index (χ0v) is 11.3. The van der Waals surface area contributed by atoms with Gasteiger partial charge in [-0.2, -0.15) is 13.2 Å². The Bertz CT molecular complexity index is 462. The topological polar surface area (TPSA) is 46.2 Å². The van der Waals surface area contributed by atoms with Gasteiger partial charge in [-0.15, -0.1) is 12.4 Å². The van der Waals surface area contributed by atoms with Crippen molar-refractivity contribution in [1.82, 2.24) is 0 Å². The molecular formula is C13H16ClF4NO. The van der Waals surface area contributed by atoms with Crippen LogP contribution in [0.15, 0.2) is 18.2 Å². The number of rotatable bonds is 3.